The van der Waals surface area contributed by atoms with E-state index in [4.69, 9.17) is 0 Å². The van der Waals surface area contributed by atoms with Crippen LogP contribution in [0.15, 0.2) is 42.5 Å². The molecular weight excluding hydrogens is 368 g/mol. The minimum atomic E-state index is -2.57. The predicted molar refractivity (Wildman–Crippen MR) is 114 cm³/mol. The van der Waals surface area contributed by atoms with Gasteiger partial charge in [-0.25, -0.2) is 13.8 Å². The average molecular weight is 398 g/mol. The molecule has 1 aliphatic heterocycles. The Bertz CT molecular complexity index is 979. The fourth-order valence-corrected chi connectivity index (χ4v) is 4.47. The van der Waals surface area contributed by atoms with Crippen molar-refractivity contribution >= 4 is 11.0 Å². The third-order valence-corrected chi connectivity index (χ3v) is 6.77. The molecule has 2 heterocycles. The van der Waals surface area contributed by atoms with Crippen LogP contribution in [0.1, 0.15) is 49.2 Å². The maximum Gasteiger partial charge on any atom is 0.295 e. The molecule has 3 aromatic rings. The van der Waals surface area contributed by atoms with E-state index in [1.165, 1.54) is 16.7 Å². The topological polar surface area (TPSA) is 31.9 Å². The Kier molecular flexibility index (Phi) is 5.43. The Labute approximate surface area is 171 Å². The molecule has 3 nitrogen and oxygen atoms in total. The maximum absolute atomic E-state index is 13.0. The van der Waals surface area contributed by atoms with Gasteiger partial charge in [-0.05, 0) is 60.9 Å². The summed E-state index contributed by atoms with van der Waals surface area (Å²) in [5.41, 5.74) is 5.21. The number of benzene rings is 2. The highest BCUT2D eigenvalue weighted by Crippen LogP contribution is 2.40. The highest BCUT2D eigenvalue weighted by atomic mass is 19.3. The van der Waals surface area contributed by atoms with Gasteiger partial charge in [0.05, 0.1) is 11.0 Å². The summed E-state index contributed by atoms with van der Waals surface area (Å²) in [6.45, 7) is 9.89. The van der Waals surface area contributed by atoms with Gasteiger partial charge in [-0.2, -0.15) is 0 Å². The van der Waals surface area contributed by atoms with Crippen LogP contribution in [0.5, 0.6) is 0 Å². The van der Waals surface area contributed by atoms with Gasteiger partial charge < -0.3 is 9.88 Å². The number of halogens is 2. The zero-order valence-electron chi connectivity index (χ0n) is 17.4. The maximum atomic E-state index is 13.0. The molecule has 4 rings (SSSR count). The summed E-state index contributed by atoms with van der Waals surface area (Å²) in [7, 11) is 0. The number of imidazole rings is 1. The molecule has 29 heavy (non-hydrogen) atoms. The van der Waals surface area contributed by atoms with Crippen molar-refractivity contribution in [3.8, 4) is 0 Å². The van der Waals surface area contributed by atoms with Crippen molar-refractivity contribution < 1.29 is 8.78 Å². The Hall–Kier alpha value is -2.27. The summed E-state index contributed by atoms with van der Waals surface area (Å²) in [5, 5.41) is 0. The molecule has 5 heteroatoms. The lowest BCUT2D eigenvalue weighted by Crippen LogP contribution is -2.47. The smallest absolute Gasteiger partial charge is 0.295 e. The van der Waals surface area contributed by atoms with Crippen molar-refractivity contribution in [1.29, 1.82) is 0 Å². The number of nitrogens with one attached hydrogen (secondary N) is 1. The molecule has 0 aliphatic carbocycles. The van der Waals surface area contributed by atoms with Crippen molar-refractivity contribution in [3.05, 3.63) is 65.0 Å². The van der Waals surface area contributed by atoms with Crippen LogP contribution in [0.4, 0.5) is 8.78 Å². The van der Waals surface area contributed by atoms with Crippen LogP contribution >= 0.6 is 0 Å². The highest BCUT2D eigenvalue weighted by Gasteiger charge is 2.38. The van der Waals surface area contributed by atoms with Gasteiger partial charge in [-0.3, -0.25) is 0 Å². The summed E-state index contributed by atoms with van der Waals surface area (Å²) < 4.78 is 25.9. The molecule has 0 amide bonds. The van der Waals surface area contributed by atoms with E-state index in [0.717, 1.165) is 32.5 Å². The van der Waals surface area contributed by atoms with Crippen LogP contribution < -0.4 is 0 Å². The van der Waals surface area contributed by atoms with Gasteiger partial charge in [0, 0.05) is 13.1 Å². The summed E-state index contributed by atoms with van der Waals surface area (Å²) in [6.07, 6.45) is -0.448. The molecule has 1 N–H and O–H groups in total. The van der Waals surface area contributed by atoms with E-state index in [2.05, 4.69) is 66.0 Å². The Balaban J connectivity index is 1.45. The molecule has 0 saturated carbocycles. The van der Waals surface area contributed by atoms with E-state index in [0.29, 0.717) is 17.0 Å². The summed E-state index contributed by atoms with van der Waals surface area (Å²) in [6, 6.07) is 14.8. The fraction of sp³-hybridized carbons (Fsp3) is 0.458. The molecule has 0 bridgehead atoms. The van der Waals surface area contributed by atoms with Crippen LogP contribution in [0.25, 0.3) is 11.0 Å². The van der Waals surface area contributed by atoms with Crippen molar-refractivity contribution in [2.45, 2.75) is 45.5 Å². The lowest BCUT2D eigenvalue weighted by atomic mass is 9.68. The molecule has 1 saturated heterocycles. The summed E-state index contributed by atoms with van der Waals surface area (Å²) >= 11 is 0. The van der Waals surface area contributed by atoms with Gasteiger partial charge in [0.25, 0.3) is 6.43 Å². The van der Waals surface area contributed by atoms with Crippen molar-refractivity contribution in [3.63, 3.8) is 0 Å². The van der Waals surface area contributed by atoms with E-state index in [1.54, 1.807) is 0 Å². The molecular formula is C24H29F2N3. The average Bonchev–Trinajstić information content (AvgIpc) is 3.14. The molecule has 2 aromatic carbocycles. The number of aryl methyl sites for hydroxylation is 1. The molecule has 2 unspecified atom stereocenters. The number of alkyl halides is 2. The number of hydrogen-bond donors (Lipinski definition) is 1. The first-order valence-corrected chi connectivity index (χ1v) is 10.4. The van der Waals surface area contributed by atoms with Gasteiger partial charge in [-0.1, -0.05) is 49.7 Å². The van der Waals surface area contributed by atoms with Gasteiger partial charge in [0.2, 0.25) is 0 Å². The van der Waals surface area contributed by atoms with E-state index >= 15 is 0 Å². The normalized spacial score (nSPS) is 23.2. The van der Waals surface area contributed by atoms with Crippen molar-refractivity contribution in [2.24, 2.45) is 5.92 Å². The molecule has 0 radical (unpaired) electrons. The van der Waals surface area contributed by atoms with Gasteiger partial charge >= 0.3 is 0 Å². The number of aromatic amines is 1. The van der Waals surface area contributed by atoms with Crippen LogP contribution in [0, 0.1) is 12.8 Å². The molecule has 1 aromatic heterocycles. The quantitative estimate of drug-likeness (QED) is 0.603. The van der Waals surface area contributed by atoms with Gasteiger partial charge in [0.15, 0.2) is 5.82 Å². The second-order valence-electron chi connectivity index (χ2n) is 8.76. The Morgan fingerprint density at radius 2 is 1.97 bits per heavy atom. The minimum absolute atomic E-state index is 0.0263. The second-order valence-corrected chi connectivity index (χ2v) is 8.76. The van der Waals surface area contributed by atoms with Gasteiger partial charge in [-0.15, -0.1) is 0 Å². The Morgan fingerprint density at radius 1 is 1.21 bits per heavy atom. The first-order valence-electron chi connectivity index (χ1n) is 10.4. The number of likely N-dealkylation sites (tertiary alicyclic amines) is 1. The number of rotatable bonds is 5. The minimum Gasteiger partial charge on any atom is -0.337 e. The van der Waals surface area contributed by atoms with Crippen LogP contribution in [0.3, 0.4) is 0 Å². The lowest BCUT2D eigenvalue weighted by molar-refractivity contribution is 0.112. The lowest BCUT2D eigenvalue weighted by Gasteiger charge is -2.45. The monoisotopic (exact) mass is 397 g/mol. The first-order chi connectivity index (χ1) is 13.8. The standard InChI is InChI=1S/C24H29F2N3/c1-16-4-6-18(7-5-16)10-12-29-13-11-24(3,17(2)15-29)19-8-9-20-21(14-19)28-23(27-20)22(25)26/h4-9,14,17,22H,10-13,15H2,1-3H3,(H,27,28). The van der Waals surface area contributed by atoms with Crippen LogP contribution in [-0.2, 0) is 11.8 Å². The Morgan fingerprint density at radius 3 is 2.66 bits per heavy atom. The molecule has 1 fully saturated rings. The molecule has 2 atom stereocenters. The molecule has 1 aliphatic rings. The third-order valence-electron chi connectivity index (χ3n) is 6.77. The third kappa shape index (κ3) is 4.06. The van der Waals surface area contributed by atoms with Crippen molar-refractivity contribution in [2.75, 3.05) is 19.6 Å². The van der Waals surface area contributed by atoms with Crippen molar-refractivity contribution in [1.82, 2.24) is 14.9 Å². The first kappa shape index (κ1) is 20.0. The number of fused-ring (bicyclic) bond motifs is 1. The number of piperidine rings is 1. The largest absolute Gasteiger partial charge is 0.337 e. The molecule has 0 spiro atoms. The predicted octanol–water partition coefficient (Wildman–Crippen LogP) is 5.65. The van der Waals surface area contributed by atoms with Crippen LogP contribution in [0.2, 0.25) is 0 Å². The fourth-order valence-electron chi connectivity index (χ4n) is 4.47. The van der Waals surface area contributed by atoms with E-state index in [9.17, 15) is 8.78 Å². The number of H-pyrrole nitrogens is 1. The zero-order valence-corrected chi connectivity index (χ0v) is 17.4. The number of nitrogens with zero attached hydrogens (tertiary/aromatic N) is 2. The molecule has 154 valence electrons. The van der Waals surface area contributed by atoms with E-state index < -0.39 is 6.43 Å². The van der Waals surface area contributed by atoms with E-state index in [1.807, 2.05) is 12.1 Å². The summed E-state index contributed by atoms with van der Waals surface area (Å²) in [4.78, 5) is 9.36. The summed E-state index contributed by atoms with van der Waals surface area (Å²) in [5.74, 6) is 0.224. The zero-order chi connectivity index (χ0) is 20.6. The highest BCUT2D eigenvalue weighted by molar-refractivity contribution is 5.76. The van der Waals surface area contributed by atoms with Gasteiger partial charge in [0.1, 0.15) is 0 Å². The van der Waals surface area contributed by atoms with Crippen LogP contribution in [-0.4, -0.2) is 34.5 Å². The van der Waals surface area contributed by atoms with E-state index in [-0.39, 0.29) is 11.2 Å². The number of hydrogen-bond acceptors (Lipinski definition) is 2. The number of aromatic nitrogens is 2. The SMILES string of the molecule is Cc1ccc(CCN2CCC(C)(c3ccc4[nH]c(C(F)F)nc4c3)C(C)C2)cc1. The second kappa shape index (κ2) is 7.86.